The monoisotopic (exact) mass is 259 g/mol. The van der Waals surface area contributed by atoms with Crippen LogP contribution in [0.5, 0.6) is 0 Å². The summed E-state index contributed by atoms with van der Waals surface area (Å²) in [6, 6.07) is 0. The fourth-order valence-electron chi connectivity index (χ4n) is 1.66. The topological polar surface area (TPSA) is 37.4 Å². The van der Waals surface area contributed by atoms with Gasteiger partial charge in [0.2, 0.25) is 5.91 Å². The van der Waals surface area contributed by atoms with Crippen LogP contribution in [0.3, 0.4) is 0 Å². The van der Waals surface area contributed by atoms with Gasteiger partial charge in [0.05, 0.1) is 5.54 Å². The fourth-order valence-corrected chi connectivity index (χ4v) is 1.66. The minimum absolute atomic E-state index is 0.0453. The van der Waals surface area contributed by atoms with Crippen molar-refractivity contribution < 1.29 is 9.59 Å². The number of rotatable bonds is 4. The summed E-state index contributed by atoms with van der Waals surface area (Å²) >= 11 is 0. The zero-order valence-electron chi connectivity index (χ0n) is 14.0. The van der Waals surface area contributed by atoms with Crippen LogP contribution >= 0.6 is 0 Å². The lowest BCUT2D eigenvalue weighted by molar-refractivity contribution is -0.142. The number of hydrogen-bond acceptors (Lipinski definition) is 2. The van der Waals surface area contributed by atoms with Crippen molar-refractivity contribution in [3.8, 4) is 0 Å². The number of carbonyl (C=O) groups is 2. The molecule has 0 aliphatic carbocycles. The highest BCUT2D eigenvalue weighted by Crippen LogP contribution is 2.24. The minimum Gasteiger partial charge on any atom is -0.334 e. The highest BCUT2D eigenvalue weighted by atomic mass is 16.2. The van der Waals surface area contributed by atoms with E-state index in [4.69, 9.17) is 0 Å². The molecule has 0 N–H and O–H groups in total. The number of nitrogens with zero attached hydrogens (tertiary/aromatic N) is 1. The first kappa shape index (κ1) is 22.3. The molecule has 0 radical (unpaired) electrons. The van der Waals surface area contributed by atoms with Gasteiger partial charge in [-0.15, -0.1) is 0 Å². The van der Waals surface area contributed by atoms with E-state index < -0.39 is 5.54 Å². The molecule has 0 fully saturated rings. The third kappa shape index (κ3) is 7.46. The van der Waals surface area contributed by atoms with Gasteiger partial charge in [0.25, 0.3) is 0 Å². The predicted octanol–water partition coefficient (Wildman–Crippen LogP) is 3.91. The largest absolute Gasteiger partial charge is 0.334 e. The SMILES string of the molecule is CC.CC.CC(=O)N(C)[C@](C)(CC(C)C)C(C)=O. The lowest BCUT2D eigenvalue weighted by Gasteiger charge is -2.37. The van der Waals surface area contributed by atoms with Crippen LogP contribution < -0.4 is 0 Å². The maximum Gasteiger partial charge on any atom is 0.220 e. The van der Waals surface area contributed by atoms with E-state index in [0.29, 0.717) is 12.3 Å². The Kier molecular flexibility index (Phi) is 13.9. The highest BCUT2D eigenvalue weighted by Gasteiger charge is 2.36. The summed E-state index contributed by atoms with van der Waals surface area (Å²) in [5, 5.41) is 0. The van der Waals surface area contributed by atoms with Crippen LogP contribution in [-0.4, -0.2) is 29.2 Å². The number of carbonyl (C=O) groups excluding carboxylic acids is 2. The van der Waals surface area contributed by atoms with Gasteiger partial charge in [-0.05, 0) is 26.2 Å². The molecule has 0 unspecified atom stereocenters. The van der Waals surface area contributed by atoms with Gasteiger partial charge in [0.1, 0.15) is 0 Å². The third-order valence-corrected chi connectivity index (χ3v) is 2.78. The smallest absolute Gasteiger partial charge is 0.220 e. The summed E-state index contributed by atoms with van der Waals surface area (Å²) in [4.78, 5) is 24.3. The summed E-state index contributed by atoms with van der Waals surface area (Å²) in [5.41, 5.74) is -0.653. The van der Waals surface area contributed by atoms with Crippen LogP contribution in [0.15, 0.2) is 0 Å². The lowest BCUT2D eigenvalue weighted by atomic mass is 9.86. The van der Waals surface area contributed by atoms with Crippen molar-refractivity contribution in [3.63, 3.8) is 0 Å². The van der Waals surface area contributed by atoms with Gasteiger partial charge in [-0.1, -0.05) is 41.5 Å². The number of amides is 1. The lowest BCUT2D eigenvalue weighted by Crippen LogP contribution is -2.52. The summed E-state index contributed by atoms with van der Waals surface area (Å²) in [7, 11) is 1.69. The average Bonchev–Trinajstić information content (AvgIpc) is 2.31. The van der Waals surface area contributed by atoms with E-state index in [2.05, 4.69) is 13.8 Å². The van der Waals surface area contributed by atoms with Crippen LogP contribution in [0, 0.1) is 5.92 Å². The Morgan fingerprint density at radius 3 is 1.56 bits per heavy atom. The number of Topliss-reactive ketones (excluding diaryl/α,β-unsaturated/α-hetero) is 1. The fraction of sp³-hybridized carbons (Fsp3) is 0.867. The standard InChI is InChI=1S/C11H21NO2.2C2H6/c1-8(2)7-11(5,9(3)13)12(6)10(4)14;2*1-2/h8H,7H2,1-6H3;2*1-2H3/t11-;;/m1../s1. The Balaban J connectivity index is -0.000000506. The van der Waals surface area contributed by atoms with Gasteiger partial charge in [0, 0.05) is 14.0 Å². The van der Waals surface area contributed by atoms with Gasteiger partial charge < -0.3 is 4.90 Å². The second-order valence-electron chi connectivity index (χ2n) is 4.51. The average molecular weight is 259 g/mol. The minimum atomic E-state index is -0.653. The van der Waals surface area contributed by atoms with Crippen LogP contribution in [-0.2, 0) is 9.59 Å². The quantitative estimate of drug-likeness (QED) is 0.767. The van der Waals surface area contributed by atoms with Gasteiger partial charge in [-0.25, -0.2) is 0 Å². The second kappa shape index (κ2) is 11.2. The molecule has 0 spiro atoms. The zero-order valence-corrected chi connectivity index (χ0v) is 14.0. The molecule has 0 aromatic rings. The van der Waals surface area contributed by atoms with Gasteiger partial charge >= 0.3 is 0 Å². The molecule has 110 valence electrons. The Labute approximate surface area is 114 Å². The van der Waals surface area contributed by atoms with Crippen molar-refractivity contribution in [1.29, 1.82) is 0 Å². The molecule has 0 aliphatic rings. The number of likely N-dealkylation sites (N-methyl/N-ethyl adjacent to an activating group) is 1. The second-order valence-corrected chi connectivity index (χ2v) is 4.51. The Hall–Kier alpha value is -0.860. The van der Waals surface area contributed by atoms with Crippen molar-refractivity contribution in [2.45, 2.75) is 74.3 Å². The van der Waals surface area contributed by atoms with E-state index in [9.17, 15) is 9.59 Å². The van der Waals surface area contributed by atoms with Crippen molar-refractivity contribution in [1.82, 2.24) is 4.90 Å². The van der Waals surface area contributed by atoms with E-state index in [1.54, 1.807) is 14.0 Å². The molecular weight excluding hydrogens is 226 g/mol. The Morgan fingerprint density at radius 1 is 1.06 bits per heavy atom. The summed E-state index contributed by atoms with van der Waals surface area (Å²) in [5.74, 6) is 0.373. The van der Waals surface area contributed by atoms with Crippen LogP contribution in [0.4, 0.5) is 0 Å². The molecule has 0 aliphatic heterocycles. The maximum absolute atomic E-state index is 11.6. The van der Waals surface area contributed by atoms with Gasteiger partial charge in [-0.2, -0.15) is 0 Å². The highest BCUT2D eigenvalue weighted by molar-refractivity contribution is 5.90. The molecular formula is C15H33NO2. The maximum atomic E-state index is 11.6. The summed E-state index contributed by atoms with van der Waals surface area (Å²) in [6.07, 6.45) is 0.707. The molecule has 0 aromatic heterocycles. The zero-order chi connectivity index (χ0) is 15.5. The number of ketones is 1. The molecule has 0 saturated carbocycles. The third-order valence-electron chi connectivity index (χ3n) is 2.78. The van der Waals surface area contributed by atoms with Crippen LogP contribution in [0.1, 0.15) is 68.7 Å². The Bertz CT molecular complexity index is 237. The molecule has 0 rings (SSSR count). The molecule has 0 aromatic carbocycles. The molecule has 18 heavy (non-hydrogen) atoms. The first-order valence-electron chi connectivity index (χ1n) is 6.97. The van der Waals surface area contributed by atoms with Crippen molar-refractivity contribution in [2.24, 2.45) is 5.92 Å². The van der Waals surface area contributed by atoms with E-state index >= 15 is 0 Å². The van der Waals surface area contributed by atoms with Crippen molar-refractivity contribution in [2.75, 3.05) is 7.05 Å². The summed E-state index contributed by atoms with van der Waals surface area (Å²) in [6.45, 7) is 17.0. The van der Waals surface area contributed by atoms with Gasteiger partial charge in [-0.3, -0.25) is 9.59 Å². The van der Waals surface area contributed by atoms with Crippen molar-refractivity contribution >= 4 is 11.7 Å². The van der Waals surface area contributed by atoms with E-state index in [1.807, 2.05) is 34.6 Å². The molecule has 3 heteroatoms. The molecule has 1 amide bonds. The molecule has 1 atom stereocenters. The molecule has 0 saturated heterocycles. The van der Waals surface area contributed by atoms with Crippen LogP contribution in [0.25, 0.3) is 0 Å². The van der Waals surface area contributed by atoms with Crippen molar-refractivity contribution in [3.05, 3.63) is 0 Å². The Morgan fingerprint density at radius 2 is 1.39 bits per heavy atom. The summed E-state index contributed by atoms with van der Waals surface area (Å²) < 4.78 is 0. The molecule has 0 bridgehead atoms. The van der Waals surface area contributed by atoms with E-state index in [1.165, 1.54) is 11.8 Å². The first-order chi connectivity index (χ1) is 8.21. The van der Waals surface area contributed by atoms with E-state index in [0.717, 1.165) is 0 Å². The van der Waals surface area contributed by atoms with Gasteiger partial charge in [0.15, 0.2) is 5.78 Å². The number of hydrogen-bond donors (Lipinski definition) is 0. The first-order valence-corrected chi connectivity index (χ1v) is 6.97. The normalized spacial score (nSPS) is 12.4. The molecule has 3 nitrogen and oxygen atoms in total. The predicted molar refractivity (Wildman–Crippen MR) is 79.7 cm³/mol. The molecule has 0 heterocycles. The van der Waals surface area contributed by atoms with Crippen LogP contribution in [0.2, 0.25) is 0 Å². The van der Waals surface area contributed by atoms with E-state index in [-0.39, 0.29) is 11.7 Å².